The number of benzene rings is 1. The molecule has 230 valence electrons. The fraction of sp³-hybridized carbons (Fsp3) is 0.481. The number of hydrogen-bond acceptors (Lipinski definition) is 7. The maximum atomic E-state index is 13.2. The van der Waals surface area contributed by atoms with Gasteiger partial charge in [0.2, 0.25) is 23.6 Å². The number of aromatic amines is 1. The minimum absolute atomic E-state index is 0.0471. The molecule has 0 unspecified atom stereocenters. The molecule has 0 bridgehead atoms. The van der Waals surface area contributed by atoms with Gasteiger partial charge in [-0.25, -0.2) is 4.79 Å². The second kappa shape index (κ2) is 16.2. The van der Waals surface area contributed by atoms with Gasteiger partial charge in [-0.1, -0.05) is 26.0 Å². The number of carboxylic acid groups (broad SMARTS) is 2. The number of carboxylic acids is 2. The minimum atomic E-state index is -1.56. The number of nitrogens with one attached hydrogen (secondary N) is 5. The maximum Gasteiger partial charge on any atom is 0.326 e. The van der Waals surface area contributed by atoms with Gasteiger partial charge in [0.05, 0.1) is 11.9 Å². The molecule has 2 aromatic rings. The molecule has 15 heteroatoms. The minimum Gasteiger partial charge on any atom is -0.481 e. The van der Waals surface area contributed by atoms with Gasteiger partial charge in [0, 0.05) is 29.4 Å². The lowest BCUT2D eigenvalue weighted by atomic mass is 10.0. The number of hydrogen-bond donors (Lipinski definition) is 7. The van der Waals surface area contributed by atoms with E-state index in [1.807, 2.05) is 18.4 Å². The van der Waals surface area contributed by atoms with Crippen LogP contribution in [0, 0.1) is 5.92 Å². The second-order valence-corrected chi connectivity index (χ2v) is 11.8. The lowest BCUT2D eigenvalue weighted by molar-refractivity contribution is -0.143. The van der Waals surface area contributed by atoms with Gasteiger partial charge < -0.3 is 36.5 Å². The largest absolute Gasteiger partial charge is 0.481 e. The molecule has 2 rings (SSSR count). The fourth-order valence-electron chi connectivity index (χ4n) is 4.22. The fourth-order valence-corrected chi connectivity index (χ4v) is 5.17. The van der Waals surface area contributed by atoms with Crippen LogP contribution >= 0.6 is 27.7 Å². The summed E-state index contributed by atoms with van der Waals surface area (Å²) < 4.78 is 0.792. The molecule has 1 aromatic heterocycles. The molecule has 0 radical (unpaired) electrons. The van der Waals surface area contributed by atoms with Crippen LogP contribution in [0.3, 0.4) is 0 Å². The SMILES string of the molecule is CSCC[C@H](NC(C)=O)C(=O)N[C@@H](CC(=O)O)C(=O)N[C@H](C(=O)N[C@@H](Cc1c[nH]c2c(Br)cccc12)C(=O)O)C(C)C. The van der Waals surface area contributed by atoms with E-state index in [9.17, 15) is 39.0 Å². The van der Waals surface area contributed by atoms with Gasteiger partial charge in [0.25, 0.3) is 0 Å². The lowest BCUT2D eigenvalue weighted by Crippen LogP contribution is -2.59. The van der Waals surface area contributed by atoms with Gasteiger partial charge in [-0.3, -0.25) is 24.0 Å². The van der Waals surface area contributed by atoms with E-state index in [0.29, 0.717) is 11.3 Å². The topological polar surface area (TPSA) is 207 Å². The molecule has 13 nitrogen and oxygen atoms in total. The third-order valence-electron chi connectivity index (χ3n) is 6.35. The summed E-state index contributed by atoms with van der Waals surface area (Å²) >= 11 is 4.87. The predicted molar refractivity (Wildman–Crippen MR) is 161 cm³/mol. The summed E-state index contributed by atoms with van der Waals surface area (Å²) in [5.74, 6) is -5.62. The van der Waals surface area contributed by atoms with Crippen molar-refractivity contribution in [3.8, 4) is 0 Å². The smallest absolute Gasteiger partial charge is 0.326 e. The number of amides is 4. The summed E-state index contributed by atoms with van der Waals surface area (Å²) in [4.78, 5) is 77.5. The Morgan fingerprint density at radius 3 is 2.14 bits per heavy atom. The maximum absolute atomic E-state index is 13.2. The average Bonchev–Trinajstić information content (AvgIpc) is 3.31. The number of fused-ring (bicyclic) bond motifs is 1. The summed E-state index contributed by atoms with van der Waals surface area (Å²) in [7, 11) is 0. The van der Waals surface area contributed by atoms with Crippen LogP contribution in [-0.2, 0) is 35.2 Å². The third-order valence-corrected chi connectivity index (χ3v) is 7.66. The van der Waals surface area contributed by atoms with Crippen molar-refractivity contribution in [3.63, 3.8) is 0 Å². The number of carbonyl (C=O) groups excluding carboxylic acids is 4. The van der Waals surface area contributed by atoms with Crippen molar-refractivity contribution in [2.75, 3.05) is 12.0 Å². The number of para-hydroxylation sites is 1. The van der Waals surface area contributed by atoms with Gasteiger partial charge in [-0.05, 0) is 51.9 Å². The molecule has 42 heavy (non-hydrogen) atoms. The first-order chi connectivity index (χ1) is 19.7. The van der Waals surface area contributed by atoms with Gasteiger partial charge in [-0.2, -0.15) is 11.8 Å². The highest BCUT2D eigenvalue weighted by molar-refractivity contribution is 9.10. The molecule has 1 aromatic carbocycles. The molecule has 0 aliphatic rings. The third kappa shape index (κ3) is 10.0. The highest BCUT2D eigenvalue weighted by atomic mass is 79.9. The Morgan fingerprint density at radius 2 is 1.57 bits per heavy atom. The van der Waals surface area contributed by atoms with E-state index in [1.165, 1.54) is 18.7 Å². The zero-order valence-electron chi connectivity index (χ0n) is 23.7. The van der Waals surface area contributed by atoms with E-state index in [1.54, 1.807) is 26.1 Å². The highest BCUT2D eigenvalue weighted by Gasteiger charge is 2.33. The van der Waals surface area contributed by atoms with Crippen LogP contribution in [0.1, 0.15) is 39.2 Å². The van der Waals surface area contributed by atoms with E-state index in [-0.39, 0.29) is 12.8 Å². The van der Waals surface area contributed by atoms with Crippen molar-refractivity contribution in [2.45, 2.75) is 64.2 Å². The number of aromatic nitrogens is 1. The molecular weight excluding hydrogens is 634 g/mol. The Bertz CT molecular complexity index is 1320. The Balaban J connectivity index is 2.20. The number of carbonyl (C=O) groups is 6. The zero-order valence-corrected chi connectivity index (χ0v) is 26.1. The Kier molecular flexibility index (Phi) is 13.3. The molecule has 0 aliphatic carbocycles. The predicted octanol–water partition coefficient (Wildman–Crippen LogP) is 1.40. The zero-order chi connectivity index (χ0) is 31.6. The number of rotatable bonds is 16. The number of H-pyrrole nitrogens is 1. The first-order valence-corrected chi connectivity index (χ1v) is 15.3. The molecule has 0 saturated heterocycles. The molecule has 4 atom stereocenters. The van der Waals surface area contributed by atoms with Crippen LogP contribution < -0.4 is 21.3 Å². The van der Waals surface area contributed by atoms with Gasteiger partial charge >= 0.3 is 11.9 Å². The highest BCUT2D eigenvalue weighted by Crippen LogP contribution is 2.26. The van der Waals surface area contributed by atoms with E-state index in [0.717, 1.165) is 15.4 Å². The Morgan fingerprint density at radius 1 is 0.929 bits per heavy atom. The Labute approximate surface area is 255 Å². The molecule has 0 fully saturated rings. The molecule has 4 amide bonds. The van der Waals surface area contributed by atoms with Crippen LogP contribution in [-0.4, -0.2) is 86.9 Å². The van der Waals surface area contributed by atoms with Crippen molar-refractivity contribution >= 4 is 74.2 Å². The summed E-state index contributed by atoms with van der Waals surface area (Å²) in [5.41, 5.74) is 1.43. The molecule has 7 N–H and O–H groups in total. The number of aliphatic carboxylic acids is 2. The monoisotopic (exact) mass is 669 g/mol. The van der Waals surface area contributed by atoms with Crippen LogP contribution in [0.5, 0.6) is 0 Å². The van der Waals surface area contributed by atoms with Crippen LogP contribution in [0.25, 0.3) is 10.9 Å². The van der Waals surface area contributed by atoms with Crippen molar-refractivity contribution < 1.29 is 39.0 Å². The van der Waals surface area contributed by atoms with E-state index < -0.39 is 72.1 Å². The standard InChI is InChI=1S/C27H36BrN5O8S/c1-13(2)22(26(39)32-20(27(40)41)10-15-12-29-23-16(15)6-5-7-17(23)28)33-25(38)19(11-21(35)36)31-24(37)18(8-9-42-4)30-14(3)34/h5-7,12-13,18-20,22,29H,8-11H2,1-4H3,(H,30,34)(H,31,37)(H,32,39)(H,33,38)(H,35,36)(H,40,41)/t18-,19-,20-,22-/m0/s1. The first-order valence-electron chi connectivity index (χ1n) is 13.1. The molecular formula is C27H36BrN5O8S. The summed E-state index contributed by atoms with van der Waals surface area (Å²) in [6.45, 7) is 4.48. The quantitative estimate of drug-likeness (QED) is 0.138. The van der Waals surface area contributed by atoms with E-state index in [4.69, 9.17) is 0 Å². The first kappa shape index (κ1) is 34.6. The lowest BCUT2D eigenvalue weighted by Gasteiger charge is -2.27. The number of thioether (sulfide) groups is 1. The summed E-state index contributed by atoms with van der Waals surface area (Å²) in [5, 5.41) is 29.8. The molecule has 0 aliphatic heterocycles. The van der Waals surface area contributed by atoms with Crippen molar-refractivity contribution in [1.29, 1.82) is 0 Å². The Hall–Kier alpha value is -3.59. The van der Waals surface area contributed by atoms with Gasteiger partial charge in [0.15, 0.2) is 0 Å². The van der Waals surface area contributed by atoms with Crippen LogP contribution in [0.2, 0.25) is 0 Å². The summed E-state index contributed by atoms with van der Waals surface area (Å²) in [6, 6.07) is 0.317. The average molecular weight is 671 g/mol. The normalized spacial score (nSPS) is 14.0. The van der Waals surface area contributed by atoms with Crippen molar-refractivity contribution in [1.82, 2.24) is 26.3 Å². The van der Waals surface area contributed by atoms with E-state index >= 15 is 0 Å². The number of halogens is 1. The van der Waals surface area contributed by atoms with Crippen LogP contribution in [0.4, 0.5) is 0 Å². The van der Waals surface area contributed by atoms with Gasteiger partial charge in [-0.15, -0.1) is 0 Å². The van der Waals surface area contributed by atoms with Crippen LogP contribution in [0.15, 0.2) is 28.9 Å². The molecule has 0 saturated carbocycles. The van der Waals surface area contributed by atoms with E-state index in [2.05, 4.69) is 42.2 Å². The summed E-state index contributed by atoms with van der Waals surface area (Å²) in [6.07, 6.45) is 2.89. The van der Waals surface area contributed by atoms with Crippen molar-refractivity contribution in [3.05, 3.63) is 34.4 Å². The molecule has 1 heterocycles. The van der Waals surface area contributed by atoms with Gasteiger partial charge in [0.1, 0.15) is 24.2 Å². The molecule has 0 spiro atoms. The second-order valence-electron chi connectivity index (χ2n) is 10.0. The van der Waals surface area contributed by atoms with Crippen molar-refractivity contribution in [2.24, 2.45) is 5.92 Å².